The third-order valence-corrected chi connectivity index (χ3v) is 6.70. The predicted octanol–water partition coefficient (Wildman–Crippen LogP) is 6.77. The molecule has 0 spiro atoms. The van der Waals surface area contributed by atoms with E-state index < -0.39 is 5.97 Å². The van der Waals surface area contributed by atoms with Crippen LogP contribution in [0.4, 0.5) is 0 Å². The highest BCUT2D eigenvalue weighted by Crippen LogP contribution is 2.48. The molecule has 154 valence electrons. The van der Waals surface area contributed by atoms with Crippen molar-refractivity contribution in [1.82, 2.24) is 4.98 Å². The second kappa shape index (κ2) is 7.09. The molecule has 0 atom stereocenters. The van der Waals surface area contributed by atoms with Crippen LogP contribution < -0.4 is 0 Å². The van der Waals surface area contributed by atoms with E-state index in [0.29, 0.717) is 0 Å². The van der Waals surface area contributed by atoms with Crippen molar-refractivity contribution in [2.24, 2.45) is 0 Å². The van der Waals surface area contributed by atoms with E-state index in [-0.39, 0.29) is 16.4 Å². The zero-order valence-corrected chi connectivity index (χ0v) is 18.4. The Morgan fingerprint density at radius 3 is 2.10 bits per heavy atom. The SMILES string of the molecule is Cc1cc2c(cc1-c1cccnc1-c1ccc(C(=O)O)cc1)C(C)(C)CCC2(C)C. The topological polar surface area (TPSA) is 50.2 Å². The molecule has 1 aliphatic carbocycles. The molecule has 0 amide bonds. The van der Waals surface area contributed by atoms with Gasteiger partial charge in [-0.25, -0.2) is 4.79 Å². The number of carboxylic acid groups (broad SMARTS) is 1. The Kier molecular flexibility index (Phi) is 4.80. The maximum absolute atomic E-state index is 11.2. The van der Waals surface area contributed by atoms with E-state index in [9.17, 15) is 9.90 Å². The Morgan fingerprint density at radius 1 is 0.900 bits per heavy atom. The quantitative estimate of drug-likeness (QED) is 0.528. The van der Waals surface area contributed by atoms with Gasteiger partial charge in [0.2, 0.25) is 0 Å². The first-order chi connectivity index (χ1) is 14.1. The van der Waals surface area contributed by atoms with Gasteiger partial charge in [-0.3, -0.25) is 4.98 Å². The van der Waals surface area contributed by atoms with Gasteiger partial charge in [-0.15, -0.1) is 0 Å². The van der Waals surface area contributed by atoms with E-state index in [1.165, 1.54) is 35.1 Å². The van der Waals surface area contributed by atoms with Crippen LogP contribution in [0.1, 0.15) is 67.6 Å². The number of nitrogens with zero attached hydrogens (tertiary/aromatic N) is 1. The lowest BCUT2D eigenvalue weighted by atomic mass is 9.62. The van der Waals surface area contributed by atoms with Gasteiger partial charge in [0.15, 0.2) is 0 Å². The number of hydrogen-bond acceptors (Lipinski definition) is 2. The van der Waals surface area contributed by atoms with Gasteiger partial charge in [-0.2, -0.15) is 0 Å². The molecule has 3 nitrogen and oxygen atoms in total. The number of aromatic carboxylic acids is 1. The first-order valence-corrected chi connectivity index (χ1v) is 10.5. The molecule has 1 aliphatic rings. The Hall–Kier alpha value is -2.94. The summed E-state index contributed by atoms with van der Waals surface area (Å²) in [4.78, 5) is 15.9. The van der Waals surface area contributed by atoms with E-state index in [0.717, 1.165) is 16.8 Å². The average Bonchev–Trinajstić information content (AvgIpc) is 2.71. The predicted molar refractivity (Wildman–Crippen MR) is 122 cm³/mol. The van der Waals surface area contributed by atoms with Crippen molar-refractivity contribution >= 4 is 5.97 Å². The minimum Gasteiger partial charge on any atom is -0.478 e. The zero-order chi connectivity index (χ0) is 21.7. The summed E-state index contributed by atoms with van der Waals surface area (Å²) in [7, 11) is 0. The molecule has 0 aliphatic heterocycles. The molecule has 0 fully saturated rings. The summed E-state index contributed by atoms with van der Waals surface area (Å²) in [5.41, 5.74) is 8.81. The smallest absolute Gasteiger partial charge is 0.335 e. The number of benzene rings is 2. The Labute approximate surface area is 178 Å². The van der Waals surface area contributed by atoms with Crippen LogP contribution in [0.25, 0.3) is 22.4 Å². The number of fused-ring (bicyclic) bond motifs is 1. The monoisotopic (exact) mass is 399 g/mol. The van der Waals surface area contributed by atoms with Crippen LogP contribution in [-0.4, -0.2) is 16.1 Å². The second-order valence-electron chi connectivity index (χ2n) is 9.76. The third-order valence-electron chi connectivity index (χ3n) is 6.70. The van der Waals surface area contributed by atoms with Crippen LogP contribution in [0.15, 0.2) is 54.7 Å². The molecule has 0 radical (unpaired) electrons. The minimum atomic E-state index is -0.918. The zero-order valence-electron chi connectivity index (χ0n) is 18.4. The van der Waals surface area contributed by atoms with Crippen molar-refractivity contribution < 1.29 is 9.90 Å². The van der Waals surface area contributed by atoms with Crippen molar-refractivity contribution in [2.75, 3.05) is 0 Å². The molecule has 1 aromatic heterocycles. The van der Waals surface area contributed by atoms with Crippen molar-refractivity contribution in [2.45, 2.75) is 58.3 Å². The third kappa shape index (κ3) is 3.43. The largest absolute Gasteiger partial charge is 0.478 e. The van der Waals surface area contributed by atoms with E-state index in [1.54, 1.807) is 18.3 Å². The molecule has 0 saturated carbocycles. The Morgan fingerprint density at radius 2 is 1.50 bits per heavy atom. The van der Waals surface area contributed by atoms with Gasteiger partial charge in [0.1, 0.15) is 0 Å². The fourth-order valence-corrected chi connectivity index (χ4v) is 4.64. The molecule has 4 rings (SSSR count). The molecule has 3 aromatic rings. The number of carbonyl (C=O) groups is 1. The molecule has 1 N–H and O–H groups in total. The highest BCUT2D eigenvalue weighted by atomic mass is 16.4. The molecule has 0 saturated heterocycles. The standard InChI is InChI=1S/C27H29NO2/c1-17-15-22-23(27(4,5)13-12-26(22,2)3)16-21(17)20-7-6-14-28-24(20)18-8-10-19(11-9-18)25(29)30/h6-11,14-16H,12-13H2,1-5H3,(H,29,30). The summed E-state index contributed by atoms with van der Waals surface area (Å²) in [6.07, 6.45) is 4.16. The molecule has 30 heavy (non-hydrogen) atoms. The summed E-state index contributed by atoms with van der Waals surface area (Å²) >= 11 is 0. The van der Waals surface area contributed by atoms with E-state index >= 15 is 0 Å². The van der Waals surface area contributed by atoms with Gasteiger partial charge in [-0.05, 0) is 77.1 Å². The molecule has 1 heterocycles. The summed E-state index contributed by atoms with van der Waals surface area (Å²) in [6.45, 7) is 11.6. The summed E-state index contributed by atoms with van der Waals surface area (Å²) in [5, 5.41) is 9.20. The van der Waals surface area contributed by atoms with Crippen molar-refractivity contribution in [3.05, 3.63) is 77.0 Å². The molecular weight excluding hydrogens is 370 g/mol. The first-order valence-electron chi connectivity index (χ1n) is 10.5. The number of pyridine rings is 1. The molecule has 0 unspecified atom stereocenters. The molecule has 2 aromatic carbocycles. The van der Waals surface area contributed by atoms with E-state index in [4.69, 9.17) is 0 Å². The van der Waals surface area contributed by atoms with Crippen LogP contribution in [0.2, 0.25) is 0 Å². The highest BCUT2D eigenvalue weighted by molar-refractivity contribution is 5.89. The maximum atomic E-state index is 11.2. The number of aromatic nitrogens is 1. The Bertz CT molecular complexity index is 1120. The van der Waals surface area contributed by atoms with Crippen LogP contribution in [0, 0.1) is 6.92 Å². The van der Waals surface area contributed by atoms with Crippen LogP contribution >= 0.6 is 0 Å². The normalized spacial score (nSPS) is 16.7. The molecule has 3 heteroatoms. The van der Waals surface area contributed by atoms with Gasteiger partial charge in [-0.1, -0.05) is 52.0 Å². The summed E-state index contributed by atoms with van der Waals surface area (Å²) in [5.74, 6) is -0.918. The second-order valence-corrected chi connectivity index (χ2v) is 9.76. The summed E-state index contributed by atoms with van der Waals surface area (Å²) < 4.78 is 0. The van der Waals surface area contributed by atoms with Crippen LogP contribution in [0.3, 0.4) is 0 Å². The van der Waals surface area contributed by atoms with Crippen LogP contribution in [0.5, 0.6) is 0 Å². The fourth-order valence-electron chi connectivity index (χ4n) is 4.64. The lowest BCUT2D eigenvalue weighted by Crippen LogP contribution is -2.34. The van der Waals surface area contributed by atoms with Gasteiger partial charge < -0.3 is 5.11 Å². The van der Waals surface area contributed by atoms with Gasteiger partial charge in [0.05, 0.1) is 11.3 Å². The van der Waals surface area contributed by atoms with E-state index in [1.807, 2.05) is 18.2 Å². The van der Waals surface area contributed by atoms with Gasteiger partial charge in [0, 0.05) is 17.3 Å². The molecule has 0 bridgehead atoms. The highest BCUT2D eigenvalue weighted by Gasteiger charge is 2.37. The van der Waals surface area contributed by atoms with E-state index in [2.05, 4.69) is 57.8 Å². The van der Waals surface area contributed by atoms with Crippen molar-refractivity contribution in [3.8, 4) is 22.4 Å². The fraction of sp³-hybridized carbons (Fsp3) is 0.333. The van der Waals surface area contributed by atoms with Gasteiger partial charge in [0.25, 0.3) is 0 Å². The van der Waals surface area contributed by atoms with Crippen molar-refractivity contribution in [1.29, 1.82) is 0 Å². The summed E-state index contributed by atoms with van der Waals surface area (Å²) in [6, 6.07) is 15.8. The number of carboxylic acids is 1. The van der Waals surface area contributed by atoms with Crippen LogP contribution in [-0.2, 0) is 10.8 Å². The molecular formula is C27H29NO2. The number of hydrogen-bond donors (Lipinski definition) is 1. The van der Waals surface area contributed by atoms with Crippen molar-refractivity contribution in [3.63, 3.8) is 0 Å². The number of aryl methyl sites for hydroxylation is 1. The maximum Gasteiger partial charge on any atom is 0.335 e. The lowest BCUT2D eigenvalue weighted by Gasteiger charge is -2.42. The lowest BCUT2D eigenvalue weighted by molar-refractivity contribution is 0.0697. The first kappa shape index (κ1) is 20.3. The van der Waals surface area contributed by atoms with Gasteiger partial charge >= 0.3 is 5.97 Å². The number of rotatable bonds is 3. The minimum absolute atomic E-state index is 0.138. The average molecular weight is 400 g/mol. The Balaban J connectivity index is 1.90.